The van der Waals surface area contributed by atoms with Crippen molar-refractivity contribution in [3.05, 3.63) is 125 Å². The van der Waals surface area contributed by atoms with E-state index in [-0.39, 0.29) is 17.3 Å². The fraction of sp³-hybridized carbons (Fsp3) is 0.0345. The Morgan fingerprint density at radius 2 is 1.65 bits per heavy atom. The van der Waals surface area contributed by atoms with Gasteiger partial charge in [-0.2, -0.15) is 5.10 Å². The highest BCUT2D eigenvalue weighted by atomic mass is 32.2. The number of para-hydroxylation sites is 2. The van der Waals surface area contributed by atoms with Crippen LogP contribution in [0, 0.1) is 10.1 Å². The maximum Gasteiger partial charge on any atom is 0.270 e. The Morgan fingerprint density at radius 3 is 2.42 bits per heavy atom. The molecule has 1 aromatic heterocycles. The number of nitrogens with one attached hydrogen (secondary N) is 1. The zero-order valence-corrected chi connectivity index (χ0v) is 21.8. The molecule has 5 aromatic rings. The number of hydrogen-bond acceptors (Lipinski definition) is 8. The lowest BCUT2D eigenvalue weighted by molar-refractivity contribution is -0.384. The minimum Gasteiger partial charge on any atom is -0.457 e. The fourth-order valence-electron chi connectivity index (χ4n) is 3.74. The third-order valence-corrected chi connectivity index (χ3v) is 6.46. The molecule has 0 atom stereocenters. The first-order chi connectivity index (χ1) is 19.6. The monoisotopic (exact) mass is 550 g/mol. The Kier molecular flexibility index (Phi) is 8.23. The molecule has 0 fully saturated rings. The number of ether oxygens (including phenoxy) is 1. The summed E-state index contributed by atoms with van der Waals surface area (Å²) in [5, 5.41) is 24.3. The first-order valence-corrected chi connectivity index (χ1v) is 13.1. The van der Waals surface area contributed by atoms with Crippen LogP contribution in [0.15, 0.2) is 119 Å². The number of nitrogens with zero attached hydrogens (tertiary/aromatic N) is 5. The number of amides is 1. The van der Waals surface area contributed by atoms with Gasteiger partial charge in [0.15, 0.2) is 11.0 Å². The molecule has 0 radical (unpaired) electrons. The predicted molar refractivity (Wildman–Crippen MR) is 153 cm³/mol. The average Bonchev–Trinajstić information content (AvgIpc) is 3.41. The molecule has 40 heavy (non-hydrogen) atoms. The summed E-state index contributed by atoms with van der Waals surface area (Å²) in [6, 6.07) is 32.3. The van der Waals surface area contributed by atoms with Crippen LogP contribution in [0.2, 0.25) is 0 Å². The molecule has 0 spiro atoms. The van der Waals surface area contributed by atoms with E-state index in [0.717, 1.165) is 17.0 Å². The lowest BCUT2D eigenvalue weighted by atomic mass is 10.2. The molecule has 0 bridgehead atoms. The van der Waals surface area contributed by atoms with E-state index in [1.54, 1.807) is 16.7 Å². The lowest BCUT2D eigenvalue weighted by Gasteiger charge is -2.10. The van der Waals surface area contributed by atoms with Crippen LogP contribution in [0.25, 0.3) is 17.1 Å². The van der Waals surface area contributed by atoms with Crippen LogP contribution >= 0.6 is 11.8 Å². The van der Waals surface area contributed by atoms with Crippen LogP contribution in [-0.2, 0) is 4.79 Å². The molecule has 0 unspecified atom stereocenters. The summed E-state index contributed by atoms with van der Waals surface area (Å²) in [6.07, 6.45) is 1.54. The van der Waals surface area contributed by atoms with Crippen molar-refractivity contribution < 1.29 is 14.5 Å². The van der Waals surface area contributed by atoms with Crippen LogP contribution in [0.1, 0.15) is 5.56 Å². The molecule has 10 nitrogen and oxygen atoms in total. The summed E-state index contributed by atoms with van der Waals surface area (Å²) in [4.78, 5) is 23.4. The molecule has 0 saturated carbocycles. The number of aromatic nitrogens is 3. The number of hydrogen-bond donors (Lipinski definition) is 1. The van der Waals surface area contributed by atoms with E-state index < -0.39 is 4.92 Å². The van der Waals surface area contributed by atoms with E-state index in [2.05, 4.69) is 20.7 Å². The van der Waals surface area contributed by atoms with E-state index in [1.165, 1.54) is 30.1 Å². The van der Waals surface area contributed by atoms with Gasteiger partial charge in [-0.3, -0.25) is 19.5 Å². The van der Waals surface area contributed by atoms with E-state index >= 15 is 0 Å². The van der Waals surface area contributed by atoms with Crippen molar-refractivity contribution in [1.82, 2.24) is 20.2 Å². The summed E-state index contributed by atoms with van der Waals surface area (Å²) < 4.78 is 7.60. The van der Waals surface area contributed by atoms with Gasteiger partial charge in [-0.1, -0.05) is 72.4 Å². The van der Waals surface area contributed by atoms with E-state index in [0.29, 0.717) is 22.3 Å². The van der Waals surface area contributed by atoms with Crippen LogP contribution in [0.3, 0.4) is 0 Å². The average molecular weight is 551 g/mol. The minimum atomic E-state index is -0.459. The number of carbonyl (C=O) groups excluding carboxylic acids is 1. The maximum absolute atomic E-state index is 12.6. The Hall–Kier alpha value is -5.29. The molecule has 0 aliphatic carbocycles. The third-order valence-electron chi connectivity index (χ3n) is 5.54. The number of nitro benzene ring substituents is 1. The van der Waals surface area contributed by atoms with Crippen LogP contribution in [-0.4, -0.2) is 37.6 Å². The smallest absolute Gasteiger partial charge is 0.270 e. The molecule has 1 N–H and O–H groups in total. The summed E-state index contributed by atoms with van der Waals surface area (Å²) in [6.45, 7) is 0. The SMILES string of the molecule is O=C(CSc1nnc(-c2cccc([N+](=O)[O-])c2)n1-c1ccccc1)NN=Cc1cccc(Oc2ccccc2)c1. The number of nitro groups is 1. The molecule has 0 aliphatic rings. The molecule has 0 aliphatic heterocycles. The van der Waals surface area contributed by atoms with E-state index in [4.69, 9.17) is 4.74 Å². The standard InChI is InChI=1S/C29H22N6O4S/c36-27(31-30-19-21-9-7-16-26(17-21)39-25-14-5-2-6-15-25)20-40-29-33-32-28(34(29)23-11-3-1-4-12-23)22-10-8-13-24(18-22)35(37)38/h1-19H,20H2,(H,31,36). The molecule has 4 aromatic carbocycles. The summed E-state index contributed by atoms with van der Waals surface area (Å²) in [7, 11) is 0. The molecule has 198 valence electrons. The summed E-state index contributed by atoms with van der Waals surface area (Å²) >= 11 is 1.18. The van der Waals surface area contributed by atoms with Gasteiger partial charge in [0.2, 0.25) is 0 Å². The second-order valence-corrected chi connectivity index (χ2v) is 9.30. The van der Waals surface area contributed by atoms with Crippen molar-refractivity contribution in [3.63, 3.8) is 0 Å². The quantitative estimate of drug-likeness (QED) is 0.0997. The van der Waals surface area contributed by atoms with Gasteiger partial charge in [-0.25, -0.2) is 5.43 Å². The van der Waals surface area contributed by atoms with Gasteiger partial charge >= 0.3 is 0 Å². The number of thioether (sulfide) groups is 1. The summed E-state index contributed by atoms with van der Waals surface area (Å²) in [5.74, 6) is 1.48. The van der Waals surface area contributed by atoms with E-state index in [9.17, 15) is 14.9 Å². The molecular weight excluding hydrogens is 528 g/mol. The zero-order chi connectivity index (χ0) is 27.7. The second-order valence-electron chi connectivity index (χ2n) is 8.35. The van der Waals surface area contributed by atoms with Gasteiger partial charge < -0.3 is 4.74 Å². The topological polar surface area (TPSA) is 125 Å². The minimum absolute atomic E-state index is 0.0222. The molecule has 1 heterocycles. The maximum atomic E-state index is 12.6. The molecule has 5 rings (SSSR count). The zero-order valence-electron chi connectivity index (χ0n) is 21.0. The predicted octanol–water partition coefficient (Wildman–Crippen LogP) is 5.88. The Labute approximate surface area is 233 Å². The highest BCUT2D eigenvalue weighted by molar-refractivity contribution is 7.99. The highest BCUT2D eigenvalue weighted by Crippen LogP contribution is 2.29. The van der Waals surface area contributed by atoms with Crippen LogP contribution < -0.4 is 10.2 Å². The van der Waals surface area contributed by atoms with Gasteiger partial charge in [-0.15, -0.1) is 10.2 Å². The molecule has 1 amide bonds. The first kappa shape index (κ1) is 26.3. The van der Waals surface area contributed by atoms with Gasteiger partial charge in [0.25, 0.3) is 11.6 Å². The molecule has 0 saturated heterocycles. The number of non-ortho nitro benzene ring substituents is 1. The van der Waals surface area contributed by atoms with Crippen molar-refractivity contribution in [2.75, 3.05) is 5.75 Å². The van der Waals surface area contributed by atoms with Crippen LogP contribution in [0.5, 0.6) is 11.5 Å². The second kappa shape index (κ2) is 12.5. The van der Waals surface area contributed by atoms with Crippen molar-refractivity contribution >= 4 is 29.6 Å². The Bertz CT molecular complexity index is 1660. The third kappa shape index (κ3) is 6.58. The number of hydrazone groups is 1. The van der Waals surface area contributed by atoms with Gasteiger partial charge in [0.1, 0.15) is 11.5 Å². The number of carbonyl (C=O) groups is 1. The van der Waals surface area contributed by atoms with E-state index in [1.807, 2.05) is 84.9 Å². The van der Waals surface area contributed by atoms with Crippen molar-refractivity contribution in [2.45, 2.75) is 5.16 Å². The first-order valence-electron chi connectivity index (χ1n) is 12.1. The lowest BCUT2D eigenvalue weighted by Crippen LogP contribution is -2.20. The van der Waals surface area contributed by atoms with Gasteiger partial charge in [0.05, 0.1) is 16.9 Å². The Morgan fingerprint density at radius 1 is 0.925 bits per heavy atom. The summed E-state index contributed by atoms with van der Waals surface area (Å²) in [5.41, 5.74) is 4.52. The fourth-order valence-corrected chi connectivity index (χ4v) is 4.49. The Balaban J connectivity index is 1.26. The molecule has 11 heteroatoms. The van der Waals surface area contributed by atoms with Gasteiger partial charge in [-0.05, 0) is 42.0 Å². The number of rotatable bonds is 10. The number of benzene rings is 4. The normalized spacial score (nSPS) is 10.9. The van der Waals surface area contributed by atoms with Crippen molar-refractivity contribution in [3.8, 4) is 28.6 Å². The van der Waals surface area contributed by atoms with Crippen molar-refractivity contribution in [2.24, 2.45) is 5.10 Å². The van der Waals surface area contributed by atoms with Gasteiger partial charge in [0, 0.05) is 23.4 Å². The van der Waals surface area contributed by atoms with Crippen molar-refractivity contribution in [1.29, 1.82) is 0 Å². The largest absolute Gasteiger partial charge is 0.457 e. The van der Waals surface area contributed by atoms with Crippen LogP contribution in [0.4, 0.5) is 5.69 Å². The highest BCUT2D eigenvalue weighted by Gasteiger charge is 2.19. The molecular formula is C29H22N6O4S.